The summed E-state index contributed by atoms with van der Waals surface area (Å²) < 4.78 is 18.3. The average Bonchev–Trinajstić information content (AvgIpc) is 2.40. The SMILES string of the molecule is N[C@@H]1CN(C(=O)OCc2ccccc2)CC[C@H]1F. The van der Waals surface area contributed by atoms with Crippen molar-refractivity contribution >= 4 is 6.09 Å². The average molecular weight is 252 g/mol. The van der Waals surface area contributed by atoms with Crippen molar-refractivity contribution < 1.29 is 13.9 Å². The van der Waals surface area contributed by atoms with Crippen LogP contribution in [0.1, 0.15) is 12.0 Å². The lowest BCUT2D eigenvalue weighted by atomic mass is 10.1. The van der Waals surface area contributed by atoms with Gasteiger partial charge in [0.2, 0.25) is 0 Å². The summed E-state index contributed by atoms with van der Waals surface area (Å²) in [6.45, 7) is 0.807. The first kappa shape index (κ1) is 12.8. The van der Waals surface area contributed by atoms with E-state index in [2.05, 4.69) is 0 Å². The van der Waals surface area contributed by atoms with Crippen molar-refractivity contribution in [1.82, 2.24) is 4.90 Å². The van der Waals surface area contributed by atoms with Gasteiger partial charge in [-0.05, 0) is 12.0 Å². The van der Waals surface area contributed by atoms with E-state index in [1.165, 1.54) is 4.90 Å². The van der Waals surface area contributed by atoms with E-state index in [1.807, 2.05) is 30.3 Å². The molecule has 1 fully saturated rings. The van der Waals surface area contributed by atoms with Crippen LogP contribution >= 0.6 is 0 Å². The van der Waals surface area contributed by atoms with Crippen LogP contribution in [0.4, 0.5) is 9.18 Å². The molecule has 98 valence electrons. The van der Waals surface area contributed by atoms with E-state index in [1.54, 1.807) is 0 Å². The van der Waals surface area contributed by atoms with Gasteiger partial charge in [-0.15, -0.1) is 0 Å². The molecule has 0 aliphatic carbocycles. The lowest BCUT2D eigenvalue weighted by molar-refractivity contribution is 0.0703. The van der Waals surface area contributed by atoms with Gasteiger partial charge in [0.25, 0.3) is 0 Å². The number of nitrogens with two attached hydrogens (primary N) is 1. The maximum Gasteiger partial charge on any atom is 0.410 e. The zero-order chi connectivity index (χ0) is 13.0. The van der Waals surface area contributed by atoms with E-state index in [9.17, 15) is 9.18 Å². The van der Waals surface area contributed by atoms with Gasteiger partial charge >= 0.3 is 6.09 Å². The van der Waals surface area contributed by atoms with Gasteiger partial charge in [0.05, 0.1) is 6.04 Å². The third-order valence-corrected chi connectivity index (χ3v) is 3.03. The number of hydrogen-bond acceptors (Lipinski definition) is 3. The van der Waals surface area contributed by atoms with Crippen molar-refractivity contribution in [3.63, 3.8) is 0 Å². The molecule has 0 radical (unpaired) electrons. The Hall–Kier alpha value is -1.62. The van der Waals surface area contributed by atoms with Crippen LogP contribution in [0.15, 0.2) is 30.3 Å². The molecule has 0 bridgehead atoms. The fourth-order valence-electron chi connectivity index (χ4n) is 1.93. The second-order valence-electron chi connectivity index (χ2n) is 4.45. The summed E-state index contributed by atoms with van der Waals surface area (Å²) in [5.74, 6) is 0. The highest BCUT2D eigenvalue weighted by Gasteiger charge is 2.29. The Balaban J connectivity index is 1.82. The van der Waals surface area contributed by atoms with E-state index in [4.69, 9.17) is 10.5 Å². The highest BCUT2D eigenvalue weighted by atomic mass is 19.1. The fraction of sp³-hybridized carbons (Fsp3) is 0.462. The molecule has 1 saturated heterocycles. The number of nitrogens with zero attached hydrogens (tertiary/aromatic N) is 1. The van der Waals surface area contributed by atoms with Gasteiger partial charge in [0.1, 0.15) is 12.8 Å². The van der Waals surface area contributed by atoms with Crippen molar-refractivity contribution in [2.75, 3.05) is 13.1 Å². The zero-order valence-electron chi connectivity index (χ0n) is 10.1. The number of likely N-dealkylation sites (tertiary alicyclic amines) is 1. The zero-order valence-corrected chi connectivity index (χ0v) is 10.1. The van der Waals surface area contributed by atoms with E-state index in [0.29, 0.717) is 6.54 Å². The molecule has 0 aromatic heterocycles. The van der Waals surface area contributed by atoms with Crippen molar-refractivity contribution in [3.8, 4) is 0 Å². The molecule has 0 spiro atoms. The number of carbonyl (C=O) groups excluding carboxylic acids is 1. The number of hydrogen-bond donors (Lipinski definition) is 1. The van der Waals surface area contributed by atoms with E-state index >= 15 is 0 Å². The minimum atomic E-state index is -1.02. The molecular weight excluding hydrogens is 235 g/mol. The summed E-state index contributed by atoms with van der Waals surface area (Å²) in [4.78, 5) is 13.2. The summed E-state index contributed by atoms with van der Waals surface area (Å²) >= 11 is 0. The number of piperidine rings is 1. The first-order valence-corrected chi connectivity index (χ1v) is 6.02. The third kappa shape index (κ3) is 3.20. The quantitative estimate of drug-likeness (QED) is 0.871. The Morgan fingerprint density at radius 3 is 2.83 bits per heavy atom. The van der Waals surface area contributed by atoms with Crippen LogP contribution in [-0.4, -0.2) is 36.3 Å². The maximum absolute atomic E-state index is 13.2. The van der Waals surface area contributed by atoms with Gasteiger partial charge in [-0.3, -0.25) is 0 Å². The molecule has 1 aliphatic heterocycles. The maximum atomic E-state index is 13.2. The second-order valence-corrected chi connectivity index (χ2v) is 4.45. The molecule has 2 rings (SSSR count). The van der Waals surface area contributed by atoms with E-state index < -0.39 is 18.3 Å². The summed E-state index contributed by atoms with van der Waals surface area (Å²) in [6, 6.07) is 8.82. The van der Waals surface area contributed by atoms with Gasteiger partial charge in [0, 0.05) is 13.1 Å². The standard InChI is InChI=1S/C13H17FN2O2/c14-11-6-7-16(8-12(11)15)13(17)18-9-10-4-2-1-3-5-10/h1-5,11-12H,6-9,15H2/t11-,12-/m1/s1. The van der Waals surface area contributed by atoms with Crippen LogP contribution in [0.25, 0.3) is 0 Å². The Morgan fingerprint density at radius 2 is 2.17 bits per heavy atom. The molecule has 1 aliphatic rings. The number of rotatable bonds is 2. The molecular formula is C13H17FN2O2. The topological polar surface area (TPSA) is 55.6 Å². The number of amides is 1. The van der Waals surface area contributed by atoms with Crippen molar-refractivity contribution in [2.45, 2.75) is 25.2 Å². The third-order valence-electron chi connectivity index (χ3n) is 3.03. The van der Waals surface area contributed by atoms with Crippen LogP contribution in [-0.2, 0) is 11.3 Å². The molecule has 1 aromatic rings. The second kappa shape index (κ2) is 5.82. The largest absolute Gasteiger partial charge is 0.445 e. The Bertz CT molecular complexity index is 399. The predicted molar refractivity (Wildman–Crippen MR) is 65.7 cm³/mol. The fourth-order valence-corrected chi connectivity index (χ4v) is 1.93. The van der Waals surface area contributed by atoms with Crippen molar-refractivity contribution in [1.29, 1.82) is 0 Å². The molecule has 1 aromatic carbocycles. The van der Waals surface area contributed by atoms with E-state index in [0.717, 1.165) is 5.56 Å². The Morgan fingerprint density at radius 1 is 1.44 bits per heavy atom. The monoisotopic (exact) mass is 252 g/mol. The summed E-state index contributed by atoms with van der Waals surface area (Å²) in [5, 5.41) is 0. The first-order chi connectivity index (χ1) is 8.66. The molecule has 5 heteroatoms. The lowest BCUT2D eigenvalue weighted by Crippen LogP contribution is -2.51. The lowest BCUT2D eigenvalue weighted by Gasteiger charge is -2.32. The van der Waals surface area contributed by atoms with Crippen LogP contribution in [0, 0.1) is 0 Å². The highest BCUT2D eigenvalue weighted by molar-refractivity contribution is 5.67. The van der Waals surface area contributed by atoms with Gasteiger partial charge in [-0.1, -0.05) is 30.3 Å². The van der Waals surface area contributed by atoms with Gasteiger partial charge in [-0.2, -0.15) is 0 Å². The summed E-state index contributed by atoms with van der Waals surface area (Å²) in [5.41, 5.74) is 6.52. The highest BCUT2D eigenvalue weighted by Crippen LogP contribution is 2.14. The minimum absolute atomic E-state index is 0.217. The molecule has 0 unspecified atom stereocenters. The van der Waals surface area contributed by atoms with Gasteiger partial charge in [-0.25, -0.2) is 9.18 Å². The molecule has 2 atom stereocenters. The Kier molecular flexibility index (Phi) is 4.15. The normalized spacial score (nSPS) is 23.8. The number of halogens is 1. The van der Waals surface area contributed by atoms with Gasteiger partial charge < -0.3 is 15.4 Å². The number of ether oxygens (including phenoxy) is 1. The van der Waals surface area contributed by atoms with Crippen molar-refractivity contribution in [3.05, 3.63) is 35.9 Å². The number of alkyl halides is 1. The summed E-state index contributed by atoms with van der Waals surface area (Å²) in [6.07, 6.45) is -1.17. The number of carbonyl (C=O) groups is 1. The molecule has 18 heavy (non-hydrogen) atoms. The molecule has 1 heterocycles. The van der Waals surface area contributed by atoms with Crippen LogP contribution < -0.4 is 5.73 Å². The van der Waals surface area contributed by atoms with Crippen LogP contribution in [0.3, 0.4) is 0 Å². The molecule has 4 nitrogen and oxygen atoms in total. The number of benzene rings is 1. The molecule has 2 N–H and O–H groups in total. The predicted octanol–water partition coefficient (Wildman–Crippen LogP) is 1.69. The minimum Gasteiger partial charge on any atom is -0.445 e. The Labute approximate surface area is 106 Å². The smallest absolute Gasteiger partial charge is 0.410 e. The van der Waals surface area contributed by atoms with Crippen LogP contribution in [0.2, 0.25) is 0 Å². The molecule has 1 amide bonds. The van der Waals surface area contributed by atoms with Crippen LogP contribution in [0.5, 0.6) is 0 Å². The molecule has 0 saturated carbocycles. The van der Waals surface area contributed by atoms with Crippen molar-refractivity contribution in [2.24, 2.45) is 5.73 Å². The van der Waals surface area contributed by atoms with Gasteiger partial charge in [0.15, 0.2) is 0 Å². The summed E-state index contributed by atoms with van der Waals surface area (Å²) in [7, 11) is 0. The first-order valence-electron chi connectivity index (χ1n) is 6.02. The van der Waals surface area contributed by atoms with E-state index in [-0.39, 0.29) is 19.6 Å².